The molecule has 2 saturated heterocycles. The molecule has 0 amide bonds. The predicted molar refractivity (Wildman–Crippen MR) is 411 cm³/mol. The zero-order chi connectivity index (χ0) is 67.3. The zero-order valence-electron chi connectivity index (χ0n) is 62.9. The van der Waals surface area contributed by atoms with Gasteiger partial charge in [-0.3, -0.25) is 4.90 Å². The van der Waals surface area contributed by atoms with Crippen molar-refractivity contribution in [2.75, 3.05) is 65.7 Å². The fraction of sp³-hybridized carbons (Fsp3) is 0.738. The summed E-state index contributed by atoms with van der Waals surface area (Å²) in [4.78, 5) is 5.07. The van der Waals surface area contributed by atoms with E-state index in [9.17, 15) is 10.2 Å². The largest absolute Gasteiger partial charge is 0.396 e. The van der Waals surface area contributed by atoms with E-state index in [0.29, 0.717) is 5.92 Å². The minimum absolute atomic E-state index is 0. The molecule has 0 radical (unpaired) electrons. The van der Waals surface area contributed by atoms with E-state index in [1.165, 1.54) is 135 Å². The second kappa shape index (κ2) is 75.7. The van der Waals surface area contributed by atoms with E-state index in [0.717, 1.165) is 99.7 Å². The van der Waals surface area contributed by atoms with Crippen LogP contribution in [-0.4, -0.2) is 85.7 Å². The summed E-state index contributed by atoms with van der Waals surface area (Å²) in [7, 11) is 0. The highest BCUT2D eigenvalue weighted by Gasteiger charge is 2.25. The zero-order valence-corrected chi connectivity index (χ0v) is 62.9. The number of ether oxygens (including phenoxy) is 1. The van der Waals surface area contributed by atoms with E-state index in [1.807, 2.05) is 13.0 Å². The number of hydrogen-bond donors (Lipinski definition) is 2. The Morgan fingerprint density at radius 3 is 1.07 bits per heavy atom. The molecule has 0 saturated carbocycles. The van der Waals surface area contributed by atoms with Gasteiger partial charge in [0.2, 0.25) is 0 Å². The Morgan fingerprint density at radius 1 is 0.404 bits per heavy atom. The van der Waals surface area contributed by atoms with Crippen LogP contribution >= 0.6 is 0 Å². The molecule has 89 heavy (non-hydrogen) atoms. The highest BCUT2D eigenvalue weighted by molar-refractivity contribution is 5.48. The summed E-state index contributed by atoms with van der Waals surface area (Å²) in [6.07, 6.45) is 61.0. The third kappa shape index (κ3) is 87.0. The number of hydrogen-bond acceptors (Lipinski definition) is 5. The molecule has 2 aliphatic rings. The number of piperidine rings is 2. The minimum Gasteiger partial charge on any atom is -0.396 e. The molecule has 5 nitrogen and oxygen atoms in total. The summed E-state index contributed by atoms with van der Waals surface area (Å²) in [6.45, 7) is 55.7. The number of likely N-dealkylation sites (tertiary alicyclic amines) is 2. The van der Waals surface area contributed by atoms with Crippen LogP contribution in [0.5, 0.6) is 0 Å². The third-order valence-electron chi connectivity index (χ3n) is 14.4. The predicted octanol–water partition coefficient (Wildman–Crippen LogP) is 25.3. The Kier molecular flexibility index (Phi) is 82.5. The topological polar surface area (TPSA) is 56.2 Å². The molecule has 0 unspecified atom stereocenters. The number of aliphatic hydroxyl groups excluding tert-OH is 2. The fourth-order valence-electron chi connectivity index (χ4n) is 8.36. The lowest BCUT2D eigenvalue weighted by molar-refractivity contribution is 0.0447. The molecule has 0 bridgehead atoms. The summed E-state index contributed by atoms with van der Waals surface area (Å²) >= 11 is 0. The van der Waals surface area contributed by atoms with Gasteiger partial charge in [0, 0.05) is 18.5 Å². The Morgan fingerprint density at radius 2 is 0.730 bits per heavy atom. The van der Waals surface area contributed by atoms with Gasteiger partial charge >= 0.3 is 0 Å². The molecular weight excluding hydrogens is 1080 g/mol. The van der Waals surface area contributed by atoms with Gasteiger partial charge in [0.05, 0.1) is 26.4 Å². The first-order valence-corrected chi connectivity index (χ1v) is 36.6. The molecule has 1 aromatic rings. The van der Waals surface area contributed by atoms with Crippen LogP contribution in [-0.2, 0) is 4.74 Å². The van der Waals surface area contributed by atoms with Crippen molar-refractivity contribution < 1.29 is 14.9 Å². The standard InChI is InChI=1S/C14H27NO.C13H26O2.C12H23N.C12H16.4C8H16.CH4/c1-14(2)8-4-7-12-16-13-11-15-9-5-3-6-10-15;1-4-13(10-14,11-15)9-7-5-6-8-12(2)3;1-12(2)8-4-7-11-13-9-5-3-6-10-13;1-11(2)7-6-10-12-8-4-3-5-9-12;4*1-4-5-6-7-8(2)3;/h4,7,14H,3,5-6,8-13H2,1-2H3;5-6,12,14-15H,4,7-11H2,1-3H3;4,7,12H,3,5-6,8-11H2,1-2H3;3-6,8-11H,7H2,1-2H3;4*5-6,8H,4,7H2,1-3H3;1H4/b7-4+;6-5+;7-4+;10-6+;4*6-5+;. The van der Waals surface area contributed by atoms with E-state index in [4.69, 9.17) is 4.74 Å². The summed E-state index contributed by atoms with van der Waals surface area (Å²) < 4.78 is 5.59. The van der Waals surface area contributed by atoms with Gasteiger partial charge in [-0.05, 0) is 201 Å². The van der Waals surface area contributed by atoms with Gasteiger partial charge in [-0.15, -0.1) is 0 Å². The van der Waals surface area contributed by atoms with Crippen LogP contribution in [0.1, 0.15) is 293 Å². The quantitative estimate of drug-likeness (QED) is 0.0532. The molecule has 524 valence electrons. The highest BCUT2D eigenvalue weighted by atomic mass is 16.5. The van der Waals surface area contributed by atoms with Crippen molar-refractivity contribution >= 4 is 6.08 Å². The van der Waals surface area contributed by atoms with Crippen LogP contribution in [0.3, 0.4) is 0 Å². The first kappa shape index (κ1) is 97.0. The number of nitrogens with zero attached hydrogens (tertiary/aromatic N) is 2. The number of allylic oxidation sites excluding steroid dienone is 13. The van der Waals surface area contributed by atoms with Crippen LogP contribution in [0.25, 0.3) is 6.08 Å². The molecule has 2 fully saturated rings. The molecule has 2 aliphatic heterocycles. The van der Waals surface area contributed by atoms with Gasteiger partial charge in [-0.1, -0.05) is 293 Å². The second-order valence-electron chi connectivity index (χ2n) is 27.8. The first-order chi connectivity index (χ1) is 42.0. The van der Waals surface area contributed by atoms with Gasteiger partial charge in [-0.25, -0.2) is 0 Å². The molecule has 3 rings (SSSR count). The molecule has 0 spiro atoms. The third-order valence-corrected chi connectivity index (χ3v) is 14.4. The van der Waals surface area contributed by atoms with Gasteiger partial charge in [0.25, 0.3) is 0 Å². The van der Waals surface area contributed by atoms with Crippen molar-refractivity contribution in [2.24, 2.45) is 52.8 Å². The maximum Gasteiger partial charge on any atom is 0.0648 e. The van der Waals surface area contributed by atoms with Gasteiger partial charge in [-0.2, -0.15) is 0 Å². The molecule has 0 atom stereocenters. The van der Waals surface area contributed by atoms with E-state index < -0.39 is 0 Å². The number of rotatable bonds is 34. The van der Waals surface area contributed by atoms with Crippen molar-refractivity contribution in [3.63, 3.8) is 0 Å². The summed E-state index contributed by atoms with van der Waals surface area (Å²) in [5, 5.41) is 18.5. The molecule has 2 N–H and O–H groups in total. The summed E-state index contributed by atoms with van der Waals surface area (Å²) in [5.41, 5.74) is 1.01. The molecule has 2 heterocycles. The molecule has 5 heteroatoms. The van der Waals surface area contributed by atoms with Crippen molar-refractivity contribution in [3.05, 3.63) is 127 Å². The average Bonchev–Trinajstić information content (AvgIpc) is 3.66. The summed E-state index contributed by atoms with van der Waals surface area (Å²) in [5.74, 6) is 6.28. The molecular formula is C84H160N2O3. The van der Waals surface area contributed by atoms with Crippen molar-refractivity contribution in [1.29, 1.82) is 0 Å². The van der Waals surface area contributed by atoms with Crippen molar-refractivity contribution in [2.45, 2.75) is 288 Å². The van der Waals surface area contributed by atoms with Gasteiger partial charge < -0.3 is 19.8 Å². The maximum atomic E-state index is 9.24. The van der Waals surface area contributed by atoms with Crippen molar-refractivity contribution in [1.82, 2.24) is 9.80 Å². The Hall–Kier alpha value is -3.06. The van der Waals surface area contributed by atoms with Crippen LogP contribution in [0.4, 0.5) is 0 Å². The highest BCUT2D eigenvalue weighted by Crippen LogP contribution is 2.27. The lowest BCUT2D eigenvalue weighted by Crippen LogP contribution is -2.32. The van der Waals surface area contributed by atoms with E-state index in [1.54, 1.807) is 0 Å². The Bertz CT molecular complexity index is 1620. The lowest BCUT2D eigenvalue weighted by Gasteiger charge is -2.27. The van der Waals surface area contributed by atoms with E-state index >= 15 is 0 Å². The van der Waals surface area contributed by atoms with Gasteiger partial charge in [0.15, 0.2) is 0 Å². The molecule has 1 aromatic carbocycles. The van der Waals surface area contributed by atoms with Crippen LogP contribution in [0.2, 0.25) is 0 Å². The number of benzene rings is 1. The van der Waals surface area contributed by atoms with E-state index in [-0.39, 0.29) is 26.1 Å². The lowest BCUT2D eigenvalue weighted by atomic mass is 9.82. The number of aliphatic hydroxyl groups is 2. The van der Waals surface area contributed by atoms with Gasteiger partial charge in [0.1, 0.15) is 0 Å². The molecule has 0 aliphatic carbocycles. The second-order valence-corrected chi connectivity index (χ2v) is 27.8. The smallest absolute Gasteiger partial charge is 0.0648 e. The summed E-state index contributed by atoms with van der Waals surface area (Å²) in [6, 6.07) is 10.4. The van der Waals surface area contributed by atoms with Crippen LogP contribution < -0.4 is 0 Å². The normalized spacial score (nSPS) is 14.1. The Balaban J connectivity index is -0.000000224. The fourth-order valence-corrected chi connectivity index (χ4v) is 8.36. The monoisotopic (exact) mass is 1250 g/mol. The van der Waals surface area contributed by atoms with E-state index in [2.05, 4.69) is 270 Å². The van der Waals surface area contributed by atoms with Crippen LogP contribution in [0.15, 0.2) is 121 Å². The SMILES string of the molecule is C.CC(C)C/C=C/CN1CCCCC1.CC(C)C/C=C/COCCN1CCCCC1.CC(C)C/C=C/c1ccccc1.CC/C=C/CC(C)C.CC/C=C/CC(C)C.CC/C=C/CC(C)C.CC/C=C/CC(C)C.CCC(CO)(CO)CC/C=C/CC(C)C. The molecule has 0 aromatic heterocycles. The average molecular weight is 1250 g/mol. The van der Waals surface area contributed by atoms with Crippen molar-refractivity contribution in [3.8, 4) is 0 Å². The Labute approximate surface area is 561 Å². The van der Waals surface area contributed by atoms with Crippen LogP contribution in [0, 0.1) is 52.8 Å². The minimum atomic E-state index is -0.276. The maximum absolute atomic E-state index is 9.24. The first-order valence-electron chi connectivity index (χ1n) is 36.6.